The maximum Gasteiger partial charge on any atom is 0.408 e. The van der Waals surface area contributed by atoms with Gasteiger partial charge in [0.2, 0.25) is 5.88 Å². The van der Waals surface area contributed by atoms with Gasteiger partial charge in [0.25, 0.3) is 6.43 Å². The zero-order chi connectivity index (χ0) is 24.8. The maximum absolute atomic E-state index is 13.0. The Labute approximate surface area is 193 Å². The van der Waals surface area contributed by atoms with Crippen LogP contribution in [0.4, 0.5) is 13.6 Å². The fourth-order valence-corrected chi connectivity index (χ4v) is 3.38. The lowest BCUT2D eigenvalue weighted by molar-refractivity contribution is 0.0405. The molecule has 1 atom stereocenters. The van der Waals surface area contributed by atoms with Crippen molar-refractivity contribution >= 4 is 6.09 Å². The average Bonchev–Trinajstić information content (AvgIpc) is 2.70. The molecule has 1 amide bonds. The van der Waals surface area contributed by atoms with Crippen molar-refractivity contribution in [3.8, 4) is 23.1 Å². The molecule has 9 heteroatoms. The van der Waals surface area contributed by atoms with Crippen molar-refractivity contribution in [1.29, 1.82) is 5.26 Å². The molecule has 0 unspecified atom stereocenters. The van der Waals surface area contributed by atoms with Crippen molar-refractivity contribution in [3.63, 3.8) is 0 Å². The third-order valence-corrected chi connectivity index (χ3v) is 4.50. The summed E-state index contributed by atoms with van der Waals surface area (Å²) in [5.74, 6) is 0.334. The Morgan fingerprint density at radius 3 is 2.45 bits per heavy atom. The highest BCUT2D eigenvalue weighted by atomic mass is 19.3. The van der Waals surface area contributed by atoms with E-state index in [9.17, 15) is 18.8 Å². The molecule has 2 aromatic heterocycles. The van der Waals surface area contributed by atoms with Gasteiger partial charge in [-0.15, -0.1) is 0 Å². The number of ether oxygens (including phenoxy) is 2. The van der Waals surface area contributed by atoms with Gasteiger partial charge in [-0.2, -0.15) is 5.26 Å². The number of aromatic nitrogens is 2. The van der Waals surface area contributed by atoms with E-state index in [-0.39, 0.29) is 29.7 Å². The van der Waals surface area contributed by atoms with E-state index in [1.165, 1.54) is 24.5 Å². The third kappa shape index (κ3) is 7.97. The normalized spacial score (nSPS) is 13.4. The first-order chi connectivity index (χ1) is 15.3. The Morgan fingerprint density at radius 1 is 1.18 bits per heavy atom. The van der Waals surface area contributed by atoms with Gasteiger partial charge < -0.3 is 14.8 Å². The van der Waals surface area contributed by atoms with E-state index in [0.29, 0.717) is 17.5 Å². The molecule has 2 aromatic rings. The molecule has 0 spiro atoms. The van der Waals surface area contributed by atoms with Gasteiger partial charge in [-0.3, -0.25) is 4.98 Å². The van der Waals surface area contributed by atoms with Gasteiger partial charge >= 0.3 is 6.09 Å². The Balaban J connectivity index is 2.23. The van der Waals surface area contributed by atoms with E-state index in [1.54, 1.807) is 26.8 Å². The number of alkyl carbamates (subject to hydrolysis) is 1. The highest BCUT2D eigenvalue weighted by molar-refractivity contribution is 5.69. The van der Waals surface area contributed by atoms with Crippen LogP contribution in [0.2, 0.25) is 0 Å². The van der Waals surface area contributed by atoms with Gasteiger partial charge in [0.1, 0.15) is 29.5 Å². The first kappa shape index (κ1) is 26.0. The van der Waals surface area contributed by atoms with Gasteiger partial charge in [-0.25, -0.2) is 18.6 Å². The predicted octanol–water partition coefficient (Wildman–Crippen LogP) is 5.66. The van der Waals surface area contributed by atoms with E-state index >= 15 is 0 Å². The zero-order valence-electron chi connectivity index (χ0n) is 19.8. The minimum Gasteiger partial charge on any atom is -0.474 e. The summed E-state index contributed by atoms with van der Waals surface area (Å²) in [4.78, 5) is 20.2. The number of amides is 1. The van der Waals surface area contributed by atoms with Crippen molar-refractivity contribution in [2.45, 2.75) is 65.5 Å². The second-order valence-electron chi connectivity index (χ2n) is 9.53. The Kier molecular flexibility index (Phi) is 8.31. The highest BCUT2D eigenvalue weighted by Crippen LogP contribution is 2.28. The second kappa shape index (κ2) is 10.6. The van der Waals surface area contributed by atoms with E-state index in [1.807, 2.05) is 26.8 Å². The molecule has 0 fully saturated rings. The summed E-state index contributed by atoms with van der Waals surface area (Å²) < 4.78 is 37.1. The molecule has 0 aliphatic heterocycles. The minimum atomic E-state index is -2.70. The van der Waals surface area contributed by atoms with Crippen molar-refractivity contribution in [1.82, 2.24) is 15.3 Å². The lowest BCUT2D eigenvalue weighted by Crippen LogP contribution is -2.52. The standard InChI is InChI=1S/C24H30F2N4O3/c1-15(2)11-24(6,30-22(31)33-23(3,4)5)14-32-21-17(12-27)9-18(13-29-21)16-7-8-28-19(10-16)20(25)26/h7-10,13,15,20H,11,14H2,1-6H3,(H,30,31)/t24-/m0/s1. The van der Waals surface area contributed by atoms with Crippen LogP contribution < -0.4 is 10.1 Å². The molecule has 0 aliphatic carbocycles. The summed E-state index contributed by atoms with van der Waals surface area (Å²) in [7, 11) is 0. The van der Waals surface area contributed by atoms with Crippen LogP contribution in [-0.2, 0) is 4.74 Å². The van der Waals surface area contributed by atoms with E-state index in [0.717, 1.165) is 0 Å². The Bertz CT molecular complexity index is 1020. The van der Waals surface area contributed by atoms with Crippen LogP contribution in [0, 0.1) is 17.2 Å². The number of halogens is 2. The molecule has 1 N–H and O–H groups in total. The number of hydrogen-bond donors (Lipinski definition) is 1. The number of carbonyl (C=O) groups excluding carboxylic acids is 1. The number of rotatable bonds is 8. The van der Waals surface area contributed by atoms with Crippen molar-refractivity contribution < 1.29 is 23.0 Å². The van der Waals surface area contributed by atoms with Gasteiger partial charge in [-0.1, -0.05) is 13.8 Å². The summed E-state index contributed by atoms with van der Waals surface area (Å²) in [5.41, 5.74) is -0.685. The number of nitrogens with one attached hydrogen (secondary N) is 1. The monoisotopic (exact) mass is 460 g/mol. The summed E-state index contributed by atoms with van der Waals surface area (Å²) in [6.07, 6.45) is 0.0618. The molecule has 0 saturated carbocycles. The fraction of sp³-hybridized carbons (Fsp3) is 0.500. The highest BCUT2D eigenvalue weighted by Gasteiger charge is 2.31. The molecule has 7 nitrogen and oxygen atoms in total. The number of carbonyl (C=O) groups is 1. The summed E-state index contributed by atoms with van der Waals surface area (Å²) in [6, 6.07) is 6.37. The molecule has 2 heterocycles. The molecule has 0 bridgehead atoms. The quantitative estimate of drug-likeness (QED) is 0.546. The van der Waals surface area contributed by atoms with Gasteiger partial charge in [0.05, 0.1) is 5.54 Å². The number of pyridine rings is 2. The largest absolute Gasteiger partial charge is 0.474 e. The average molecular weight is 461 g/mol. The molecular formula is C24H30F2N4O3. The smallest absolute Gasteiger partial charge is 0.408 e. The SMILES string of the molecule is CC(C)C[C@@](C)(COc1ncc(-c2ccnc(C(F)F)c2)cc1C#N)NC(=O)OC(C)(C)C. The van der Waals surface area contributed by atoms with Crippen LogP contribution in [0.5, 0.6) is 5.88 Å². The molecule has 2 rings (SSSR count). The number of nitriles is 1. The summed E-state index contributed by atoms with van der Waals surface area (Å²) in [6.45, 7) is 11.3. The van der Waals surface area contributed by atoms with Crippen molar-refractivity contribution in [3.05, 3.63) is 41.9 Å². The lowest BCUT2D eigenvalue weighted by atomic mass is 9.91. The molecule has 0 aliphatic rings. The lowest BCUT2D eigenvalue weighted by Gasteiger charge is -2.33. The van der Waals surface area contributed by atoms with Crippen molar-refractivity contribution in [2.75, 3.05) is 6.61 Å². The van der Waals surface area contributed by atoms with E-state index in [4.69, 9.17) is 9.47 Å². The minimum absolute atomic E-state index is 0.0518. The van der Waals surface area contributed by atoms with Crippen LogP contribution in [0.3, 0.4) is 0 Å². The Morgan fingerprint density at radius 2 is 1.88 bits per heavy atom. The Hall–Kier alpha value is -3.28. The van der Waals surface area contributed by atoms with Gasteiger partial charge in [0.15, 0.2) is 0 Å². The van der Waals surface area contributed by atoms with Crippen LogP contribution in [-0.4, -0.2) is 33.8 Å². The number of alkyl halides is 2. The summed E-state index contributed by atoms with van der Waals surface area (Å²) in [5, 5.41) is 12.5. The maximum atomic E-state index is 13.0. The predicted molar refractivity (Wildman–Crippen MR) is 120 cm³/mol. The molecule has 0 radical (unpaired) electrons. The fourth-order valence-electron chi connectivity index (χ4n) is 3.38. The van der Waals surface area contributed by atoms with Crippen LogP contribution in [0.15, 0.2) is 30.6 Å². The first-order valence-electron chi connectivity index (χ1n) is 10.6. The van der Waals surface area contributed by atoms with Crippen LogP contribution in [0.25, 0.3) is 11.1 Å². The van der Waals surface area contributed by atoms with E-state index < -0.39 is 23.7 Å². The molecule has 178 valence electrons. The first-order valence-corrected chi connectivity index (χ1v) is 10.6. The molecule has 33 heavy (non-hydrogen) atoms. The topological polar surface area (TPSA) is 97.1 Å². The van der Waals surface area contributed by atoms with Crippen LogP contribution >= 0.6 is 0 Å². The molecule has 0 saturated heterocycles. The second-order valence-corrected chi connectivity index (χ2v) is 9.53. The molecule has 0 aromatic carbocycles. The van der Waals surface area contributed by atoms with E-state index in [2.05, 4.69) is 15.3 Å². The van der Waals surface area contributed by atoms with Gasteiger partial charge in [0, 0.05) is 18.0 Å². The summed E-state index contributed by atoms with van der Waals surface area (Å²) >= 11 is 0. The third-order valence-electron chi connectivity index (χ3n) is 4.50. The number of hydrogen-bond acceptors (Lipinski definition) is 6. The zero-order valence-corrected chi connectivity index (χ0v) is 19.8. The van der Waals surface area contributed by atoms with Gasteiger partial charge in [-0.05, 0) is 63.8 Å². The molecular weight excluding hydrogens is 430 g/mol. The van der Waals surface area contributed by atoms with Crippen molar-refractivity contribution in [2.24, 2.45) is 5.92 Å². The van der Waals surface area contributed by atoms with Crippen LogP contribution in [0.1, 0.15) is 65.6 Å². The number of nitrogens with zero attached hydrogens (tertiary/aromatic N) is 3.